The van der Waals surface area contributed by atoms with Crippen LogP contribution in [0.3, 0.4) is 0 Å². The molecule has 0 radical (unpaired) electrons. The number of nitrogens with one attached hydrogen (secondary N) is 1. The van der Waals surface area contributed by atoms with Crippen molar-refractivity contribution in [2.75, 3.05) is 12.4 Å². The smallest absolute Gasteiger partial charge is 0.341 e. The number of fused-ring (bicyclic) bond motifs is 3. The van der Waals surface area contributed by atoms with Crippen molar-refractivity contribution in [3.05, 3.63) is 65.6 Å². The van der Waals surface area contributed by atoms with Crippen molar-refractivity contribution >= 4 is 45.0 Å². The zero-order chi connectivity index (χ0) is 22.4. The number of benzene rings is 2. The van der Waals surface area contributed by atoms with E-state index >= 15 is 0 Å². The summed E-state index contributed by atoms with van der Waals surface area (Å²) in [7, 11) is 1.30. The molecule has 2 aliphatic carbocycles. The third-order valence-corrected chi connectivity index (χ3v) is 7.42. The minimum absolute atomic E-state index is 0.0948. The van der Waals surface area contributed by atoms with Gasteiger partial charge in [-0.25, -0.2) is 4.79 Å². The Kier molecular flexibility index (Phi) is 5.06. The summed E-state index contributed by atoms with van der Waals surface area (Å²) in [6.45, 7) is 0. The molecule has 5 rings (SSSR count). The Labute approximate surface area is 188 Å². The normalized spacial score (nSPS) is 23.4. The molecule has 0 aliphatic heterocycles. The molecule has 7 heteroatoms. The fourth-order valence-corrected chi connectivity index (χ4v) is 6.00. The summed E-state index contributed by atoms with van der Waals surface area (Å²) in [5.41, 5.74) is 1.80. The van der Waals surface area contributed by atoms with Gasteiger partial charge in [0.25, 0.3) is 0 Å². The van der Waals surface area contributed by atoms with Crippen LogP contribution in [0, 0.1) is 23.7 Å². The number of anilines is 1. The standard InChI is InChI=1S/C25H21NO5S/c1-31-25(30)21-18(15-7-6-13-4-2-3-5-14(13)10-15)12-32-23(21)26-22(27)19-16-8-9-17(11-16)20(19)24(28)29/h2-10,12,16-17,19-20H,11H2,1H3,(H,26,27)(H,28,29)/t16-,17-,19+,20+/m0/s1. The predicted molar refractivity (Wildman–Crippen MR) is 123 cm³/mol. The van der Waals surface area contributed by atoms with Crippen LogP contribution in [0.4, 0.5) is 5.00 Å². The van der Waals surface area contributed by atoms with Gasteiger partial charge in [-0.2, -0.15) is 0 Å². The third kappa shape index (κ3) is 3.29. The van der Waals surface area contributed by atoms with Gasteiger partial charge in [0.1, 0.15) is 10.6 Å². The van der Waals surface area contributed by atoms with Crippen LogP contribution < -0.4 is 5.32 Å². The summed E-state index contributed by atoms with van der Waals surface area (Å²) in [6, 6.07) is 13.9. The molecule has 162 valence electrons. The van der Waals surface area contributed by atoms with Crippen molar-refractivity contribution in [3.8, 4) is 11.1 Å². The van der Waals surface area contributed by atoms with Gasteiger partial charge in [-0.15, -0.1) is 11.3 Å². The number of thiophene rings is 1. The number of methoxy groups -OCH3 is 1. The zero-order valence-corrected chi connectivity index (χ0v) is 18.1. The highest BCUT2D eigenvalue weighted by Gasteiger charge is 2.51. The number of carbonyl (C=O) groups excluding carboxylic acids is 2. The maximum atomic E-state index is 13.1. The van der Waals surface area contributed by atoms with Gasteiger partial charge in [0.15, 0.2) is 0 Å². The van der Waals surface area contributed by atoms with Gasteiger partial charge in [0.05, 0.1) is 18.9 Å². The molecule has 2 aromatic carbocycles. The van der Waals surface area contributed by atoms with Gasteiger partial charge in [-0.1, -0.05) is 48.6 Å². The lowest BCUT2D eigenvalue weighted by Gasteiger charge is -2.23. The molecule has 2 N–H and O–H groups in total. The minimum atomic E-state index is -0.960. The Morgan fingerprint density at radius 1 is 1.03 bits per heavy atom. The van der Waals surface area contributed by atoms with Gasteiger partial charge in [-0.3, -0.25) is 9.59 Å². The molecule has 2 bridgehead atoms. The van der Waals surface area contributed by atoms with Crippen molar-refractivity contribution < 1.29 is 24.2 Å². The Morgan fingerprint density at radius 2 is 1.75 bits per heavy atom. The van der Waals surface area contributed by atoms with Crippen LogP contribution in [0.15, 0.2) is 60.0 Å². The number of carboxylic acids is 1. The van der Waals surface area contributed by atoms with E-state index in [4.69, 9.17) is 4.74 Å². The Balaban J connectivity index is 1.50. The maximum absolute atomic E-state index is 13.1. The number of rotatable bonds is 5. The largest absolute Gasteiger partial charge is 0.481 e. The average Bonchev–Trinajstić information content (AvgIpc) is 3.52. The van der Waals surface area contributed by atoms with E-state index in [0.717, 1.165) is 16.3 Å². The monoisotopic (exact) mass is 447 g/mol. The number of ether oxygens (including phenoxy) is 1. The Hall–Kier alpha value is -3.45. The first-order valence-corrected chi connectivity index (χ1v) is 11.3. The molecule has 1 fully saturated rings. The number of aliphatic carboxylic acids is 1. The highest BCUT2D eigenvalue weighted by atomic mass is 32.1. The summed E-state index contributed by atoms with van der Waals surface area (Å²) in [4.78, 5) is 37.6. The first kappa shape index (κ1) is 20.5. The van der Waals surface area contributed by atoms with E-state index in [1.54, 1.807) is 0 Å². The lowest BCUT2D eigenvalue weighted by atomic mass is 9.82. The van der Waals surface area contributed by atoms with Crippen molar-refractivity contribution in [2.24, 2.45) is 23.7 Å². The summed E-state index contributed by atoms with van der Waals surface area (Å²) in [5, 5.41) is 16.8. The van der Waals surface area contributed by atoms with Gasteiger partial charge < -0.3 is 15.2 Å². The Bertz CT molecular complexity index is 1280. The second-order valence-corrected chi connectivity index (χ2v) is 9.11. The Morgan fingerprint density at radius 3 is 2.47 bits per heavy atom. The zero-order valence-electron chi connectivity index (χ0n) is 17.3. The van der Waals surface area contributed by atoms with Crippen molar-refractivity contribution in [3.63, 3.8) is 0 Å². The molecule has 0 spiro atoms. The van der Waals surface area contributed by atoms with E-state index in [2.05, 4.69) is 5.32 Å². The number of carboxylic acid groups (broad SMARTS) is 1. The SMILES string of the molecule is COC(=O)c1c(-c2ccc3ccccc3c2)csc1NC(=O)[C@H]1[C@H](C(=O)O)[C@H]2C=C[C@H]1C2. The number of hydrogen-bond donors (Lipinski definition) is 2. The lowest BCUT2D eigenvalue weighted by molar-refractivity contribution is -0.146. The summed E-state index contributed by atoms with van der Waals surface area (Å²) in [5.74, 6) is -3.49. The first-order valence-electron chi connectivity index (χ1n) is 10.4. The third-order valence-electron chi connectivity index (χ3n) is 6.52. The van der Waals surface area contributed by atoms with Crippen LogP contribution in [-0.2, 0) is 14.3 Å². The molecule has 32 heavy (non-hydrogen) atoms. The quantitative estimate of drug-likeness (QED) is 0.432. The molecule has 1 saturated carbocycles. The van der Waals surface area contributed by atoms with E-state index in [0.29, 0.717) is 17.0 Å². The van der Waals surface area contributed by atoms with Gasteiger partial charge in [-0.05, 0) is 40.7 Å². The summed E-state index contributed by atoms with van der Waals surface area (Å²) >= 11 is 1.24. The first-order chi connectivity index (χ1) is 15.5. The molecule has 0 saturated heterocycles. The van der Waals surface area contributed by atoms with E-state index in [1.807, 2.05) is 60.0 Å². The average molecular weight is 448 g/mol. The van der Waals surface area contributed by atoms with Crippen LogP contribution >= 0.6 is 11.3 Å². The van der Waals surface area contributed by atoms with Crippen molar-refractivity contribution in [1.29, 1.82) is 0 Å². The second kappa shape index (κ2) is 7.91. The molecule has 6 nitrogen and oxygen atoms in total. The van der Waals surface area contributed by atoms with Gasteiger partial charge in [0.2, 0.25) is 5.91 Å². The lowest BCUT2D eigenvalue weighted by Crippen LogP contribution is -2.36. The van der Waals surface area contributed by atoms with Gasteiger partial charge >= 0.3 is 11.9 Å². The molecule has 4 atom stereocenters. The second-order valence-electron chi connectivity index (χ2n) is 8.23. The van der Waals surface area contributed by atoms with E-state index < -0.39 is 23.8 Å². The number of hydrogen-bond acceptors (Lipinski definition) is 5. The molecule has 1 aromatic heterocycles. The summed E-state index contributed by atoms with van der Waals surface area (Å²) in [6.07, 6.45) is 4.51. The van der Waals surface area contributed by atoms with Crippen LogP contribution in [0.1, 0.15) is 16.8 Å². The highest BCUT2D eigenvalue weighted by molar-refractivity contribution is 7.15. The van der Waals surface area contributed by atoms with Gasteiger partial charge in [0, 0.05) is 10.9 Å². The van der Waals surface area contributed by atoms with Crippen molar-refractivity contribution in [2.45, 2.75) is 6.42 Å². The number of esters is 1. The molecule has 2 aliphatic rings. The molecular formula is C25H21NO5S. The molecular weight excluding hydrogens is 426 g/mol. The topological polar surface area (TPSA) is 92.7 Å². The highest BCUT2D eigenvalue weighted by Crippen LogP contribution is 2.49. The van der Waals surface area contributed by atoms with Crippen LogP contribution in [-0.4, -0.2) is 30.1 Å². The minimum Gasteiger partial charge on any atom is -0.481 e. The van der Waals surface area contributed by atoms with Crippen molar-refractivity contribution in [1.82, 2.24) is 0 Å². The molecule has 1 heterocycles. The molecule has 1 amide bonds. The summed E-state index contributed by atoms with van der Waals surface area (Å²) < 4.78 is 5.01. The van der Waals surface area contributed by atoms with Crippen LogP contribution in [0.2, 0.25) is 0 Å². The van der Waals surface area contributed by atoms with E-state index in [-0.39, 0.29) is 23.3 Å². The molecule has 3 aromatic rings. The number of amides is 1. The van der Waals surface area contributed by atoms with E-state index in [9.17, 15) is 19.5 Å². The van der Waals surface area contributed by atoms with Crippen LogP contribution in [0.25, 0.3) is 21.9 Å². The van der Waals surface area contributed by atoms with Crippen LogP contribution in [0.5, 0.6) is 0 Å². The molecule has 0 unspecified atom stereocenters. The predicted octanol–water partition coefficient (Wildman–Crippen LogP) is 4.82. The van der Waals surface area contributed by atoms with E-state index in [1.165, 1.54) is 18.4 Å². The fourth-order valence-electron chi connectivity index (χ4n) is 5.04. The maximum Gasteiger partial charge on any atom is 0.341 e. The number of allylic oxidation sites excluding steroid dienone is 2. The number of carbonyl (C=O) groups is 3. The fraction of sp³-hybridized carbons (Fsp3) is 0.240.